The normalized spacial score (nSPS) is 21.3. The number of Topliss-reactive ketones (excluding diaryl/α,β-unsaturated/α-hetero) is 1. The standard InChI is InChI=1S/C23H21NO2/c1-23(2)12-17-21(19(25)13-23)16-10-14-6-3-4-7-15(14)11-18(16)24-22(17)20-8-5-9-26-20/h3-11,22,24H,12-13H2,1-2H3/t22-/m1/s1. The minimum atomic E-state index is -0.0859. The Labute approximate surface area is 152 Å². The van der Waals surface area contributed by atoms with Gasteiger partial charge in [-0.2, -0.15) is 0 Å². The Bertz CT molecular complexity index is 1060. The second-order valence-corrected chi connectivity index (χ2v) is 8.18. The van der Waals surface area contributed by atoms with Crippen LogP contribution in [0.3, 0.4) is 0 Å². The number of carbonyl (C=O) groups excluding carboxylic acids is 1. The zero-order valence-electron chi connectivity index (χ0n) is 15.0. The Morgan fingerprint density at radius 1 is 1.04 bits per heavy atom. The summed E-state index contributed by atoms with van der Waals surface area (Å²) in [5, 5.41) is 5.98. The van der Waals surface area contributed by atoms with E-state index in [9.17, 15) is 4.79 Å². The number of ketones is 1. The van der Waals surface area contributed by atoms with Gasteiger partial charge in [0.2, 0.25) is 0 Å². The van der Waals surface area contributed by atoms with Gasteiger partial charge >= 0.3 is 0 Å². The Morgan fingerprint density at radius 2 is 1.81 bits per heavy atom. The fraction of sp³-hybridized carbons (Fsp3) is 0.261. The van der Waals surface area contributed by atoms with Crippen LogP contribution in [0.25, 0.3) is 16.3 Å². The fourth-order valence-corrected chi connectivity index (χ4v) is 4.45. The van der Waals surface area contributed by atoms with Crippen LogP contribution in [-0.4, -0.2) is 5.78 Å². The van der Waals surface area contributed by atoms with Crippen LogP contribution < -0.4 is 5.32 Å². The lowest BCUT2D eigenvalue weighted by Gasteiger charge is -2.39. The van der Waals surface area contributed by atoms with Crippen LogP contribution in [0.4, 0.5) is 5.69 Å². The van der Waals surface area contributed by atoms with Crippen molar-refractivity contribution in [2.45, 2.75) is 32.7 Å². The van der Waals surface area contributed by atoms with Crippen molar-refractivity contribution in [1.82, 2.24) is 0 Å². The zero-order valence-corrected chi connectivity index (χ0v) is 15.0. The Balaban J connectivity index is 1.78. The largest absolute Gasteiger partial charge is 0.467 e. The second-order valence-electron chi connectivity index (χ2n) is 8.18. The number of hydrogen-bond donors (Lipinski definition) is 1. The van der Waals surface area contributed by atoms with Crippen molar-refractivity contribution in [3.63, 3.8) is 0 Å². The molecule has 0 radical (unpaired) electrons. The highest BCUT2D eigenvalue weighted by Crippen LogP contribution is 2.50. The number of carbonyl (C=O) groups is 1. The molecule has 3 nitrogen and oxygen atoms in total. The first-order valence-corrected chi connectivity index (χ1v) is 9.11. The van der Waals surface area contributed by atoms with Crippen molar-refractivity contribution >= 4 is 27.8 Å². The first-order valence-electron chi connectivity index (χ1n) is 9.11. The molecule has 26 heavy (non-hydrogen) atoms. The van der Waals surface area contributed by atoms with Crippen molar-refractivity contribution < 1.29 is 9.21 Å². The molecule has 0 unspecified atom stereocenters. The summed E-state index contributed by atoms with van der Waals surface area (Å²) < 4.78 is 5.72. The summed E-state index contributed by atoms with van der Waals surface area (Å²) in [5.41, 5.74) is 4.06. The van der Waals surface area contributed by atoms with E-state index in [-0.39, 0.29) is 17.2 Å². The van der Waals surface area contributed by atoms with Crippen LogP contribution in [0.2, 0.25) is 0 Å². The highest BCUT2D eigenvalue weighted by atomic mass is 16.3. The van der Waals surface area contributed by atoms with Gasteiger partial charge in [-0.3, -0.25) is 4.79 Å². The summed E-state index contributed by atoms with van der Waals surface area (Å²) in [6.45, 7) is 4.34. The van der Waals surface area contributed by atoms with E-state index in [1.165, 1.54) is 5.39 Å². The number of hydrogen-bond acceptors (Lipinski definition) is 3. The van der Waals surface area contributed by atoms with Gasteiger partial charge in [-0.25, -0.2) is 0 Å². The van der Waals surface area contributed by atoms with E-state index in [1.807, 2.05) is 24.3 Å². The van der Waals surface area contributed by atoms with Gasteiger partial charge in [0.15, 0.2) is 5.78 Å². The van der Waals surface area contributed by atoms with E-state index < -0.39 is 0 Å². The third-order valence-corrected chi connectivity index (χ3v) is 5.54. The number of fused-ring (bicyclic) bond motifs is 3. The third-order valence-electron chi connectivity index (χ3n) is 5.54. The molecule has 0 saturated heterocycles. The molecule has 0 fully saturated rings. The van der Waals surface area contributed by atoms with Gasteiger partial charge in [0.1, 0.15) is 11.8 Å². The molecular weight excluding hydrogens is 322 g/mol. The Hall–Kier alpha value is -2.81. The second kappa shape index (κ2) is 5.34. The average molecular weight is 343 g/mol. The van der Waals surface area contributed by atoms with Gasteiger partial charge in [-0.1, -0.05) is 38.1 Å². The third kappa shape index (κ3) is 2.31. The van der Waals surface area contributed by atoms with Gasteiger partial charge in [-0.05, 0) is 52.4 Å². The fourth-order valence-electron chi connectivity index (χ4n) is 4.45. The van der Waals surface area contributed by atoms with Crippen LogP contribution >= 0.6 is 0 Å². The number of benzene rings is 2. The summed E-state index contributed by atoms with van der Waals surface area (Å²) in [6, 6.07) is 16.4. The summed E-state index contributed by atoms with van der Waals surface area (Å²) >= 11 is 0. The first-order chi connectivity index (χ1) is 12.5. The molecular formula is C23H21NO2. The summed E-state index contributed by atoms with van der Waals surface area (Å²) in [4.78, 5) is 13.1. The Morgan fingerprint density at radius 3 is 2.54 bits per heavy atom. The lowest BCUT2D eigenvalue weighted by atomic mass is 9.68. The van der Waals surface area contributed by atoms with Crippen molar-refractivity contribution in [3.8, 4) is 0 Å². The Kier molecular flexibility index (Phi) is 3.17. The predicted octanol–water partition coefficient (Wildman–Crippen LogP) is 5.74. The molecule has 1 aliphatic carbocycles. The SMILES string of the molecule is CC1(C)CC(=O)C2=C(C1)[C@H](c1ccco1)Nc1cc3ccccc3cc12. The molecule has 0 amide bonds. The topological polar surface area (TPSA) is 42.2 Å². The quantitative estimate of drug-likeness (QED) is 0.612. The number of furan rings is 1. The van der Waals surface area contributed by atoms with Crippen molar-refractivity contribution in [1.29, 1.82) is 0 Å². The minimum Gasteiger partial charge on any atom is -0.467 e. The van der Waals surface area contributed by atoms with Crippen LogP contribution in [0.5, 0.6) is 0 Å². The molecule has 3 heteroatoms. The van der Waals surface area contributed by atoms with Crippen LogP contribution in [0.15, 0.2) is 64.8 Å². The number of allylic oxidation sites excluding steroid dienone is 1. The maximum absolute atomic E-state index is 13.1. The van der Waals surface area contributed by atoms with E-state index >= 15 is 0 Å². The molecule has 2 aliphatic rings. The van der Waals surface area contributed by atoms with E-state index in [0.717, 1.165) is 40.0 Å². The van der Waals surface area contributed by atoms with Gasteiger partial charge < -0.3 is 9.73 Å². The number of nitrogens with one attached hydrogen (secondary N) is 1. The molecule has 1 aromatic heterocycles. The molecule has 3 aromatic rings. The summed E-state index contributed by atoms with van der Waals surface area (Å²) in [5.74, 6) is 1.10. The van der Waals surface area contributed by atoms with Crippen molar-refractivity contribution in [2.24, 2.45) is 5.41 Å². The van der Waals surface area contributed by atoms with Crippen molar-refractivity contribution in [2.75, 3.05) is 5.32 Å². The molecule has 0 bridgehead atoms. The molecule has 1 atom stereocenters. The molecule has 0 spiro atoms. The predicted molar refractivity (Wildman–Crippen MR) is 104 cm³/mol. The lowest BCUT2D eigenvalue weighted by molar-refractivity contribution is -0.116. The number of rotatable bonds is 1. The molecule has 1 aliphatic heterocycles. The molecule has 130 valence electrons. The van der Waals surface area contributed by atoms with Crippen LogP contribution in [0, 0.1) is 5.41 Å². The van der Waals surface area contributed by atoms with E-state index in [0.29, 0.717) is 6.42 Å². The zero-order chi connectivity index (χ0) is 17.9. The van der Waals surface area contributed by atoms with Gasteiger partial charge in [0.05, 0.1) is 6.26 Å². The first kappa shape index (κ1) is 15.4. The molecule has 5 rings (SSSR count). The number of anilines is 1. The van der Waals surface area contributed by atoms with Gasteiger partial charge in [0.25, 0.3) is 0 Å². The highest BCUT2D eigenvalue weighted by Gasteiger charge is 2.40. The smallest absolute Gasteiger partial charge is 0.164 e. The lowest BCUT2D eigenvalue weighted by Crippen LogP contribution is -2.32. The van der Waals surface area contributed by atoms with Gasteiger partial charge in [-0.15, -0.1) is 0 Å². The van der Waals surface area contributed by atoms with E-state index in [4.69, 9.17) is 4.42 Å². The van der Waals surface area contributed by atoms with E-state index in [2.05, 4.69) is 43.4 Å². The van der Waals surface area contributed by atoms with Crippen LogP contribution in [0.1, 0.15) is 44.1 Å². The highest BCUT2D eigenvalue weighted by molar-refractivity contribution is 6.25. The maximum Gasteiger partial charge on any atom is 0.164 e. The molecule has 0 saturated carbocycles. The molecule has 2 aromatic carbocycles. The molecule has 1 N–H and O–H groups in total. The van der Waals surface area contributed by atoms with E-state index in [1.54, 1.807) is 6.26 Å². The van der Waals surface area contributed by atoms with Crippen LogP contribution in [-0.2, 0) is 4.79 Å². The monoisotopic (exact) mass is 343 g/mol. The summed E-state index contributed by atoms with van der Waals surface area (Å²) in [7, 11) is 0. The summed E-state index contributed by atoms with van der Waals surface area (Å²) in [6.07, 6.45) is 3.17. The minimum absolute atomic E-state index is 0.0310. The van der Waals surface area contributed by atoms with Gasteiger partial charge in [0, 0.05) is 23.2 Å². The molecule has 2 heterocycles. The maximum atomic E-state index is 13.1. The average Bonchev–Trinajstić information content (AvgIpc) is 3.12. The van der Waals surface area contributed by atoms with Crippen molar-refractivity contribution in [3.05, 3.63) is 71.7 Å².